The van der Waals surface area contributed by atoms with E-state index in [2.05, 4.69) is 10.8 Å². The SMILES string of the molecule is C[C@H](CN)NS(=O)(=O)N1CCc2ccccc2C1. The van der Waals surface area contributed by atoms with Crippen LogP contribution < -0.4 is 10.5 Å². The largest absolute Gasteiger partial charge is 0.329 e. The normalized spacial score (nSPS) is 18.3. The Bertz CT molecular complexity index is 516. The smallest absolute Gasteiger partial charge is 0.280 e. The van der Waals surface area contributed by atoms with Crippen LogP contribution >= 0.6 is 0 Å². The first-order chi connectivity index (χ1) is 8.53. The first-order valence-corrected chi connectivity index (χ1v) is 7.51. The summed E-state index contributed by atoms with van der Waals surface area (Å²) in [5, 5.41) is 0. The Kier molecular flexibility index (Phi) is 4.01. The quantitative estimate of drug-likeness (QED) is 0.821. The topological polar surface area (TPSA) is 75.4 Å². The lowest BCUT2D eigenvalue weighted by atomic mass is 10.0. The van der Waals surface area contributed by atoms with Crippen molar-refractivity contribution in [2.24, 2.45) is 5.73 Å². The van der Waals surface area contributed by atoms with E-state index in [4.69, 9.17) is 5.73 Å². The second kappa shape index (κ2) is 5.36. The number of benzene rings is 1. The second-order valence-corrected chi connectivity index (χ2v) is 6.31. The fraction of sp³-hybridized carbons (Fsp3) is 0.500. The predicted octanol–water partition coefficient (Wildman–Crippen LogP) is 0.226. The zero-order chi connectivity index (χ0) is 13.2. The molecule has 5 nitrogen and oxygen atoms in total. The number of hydrogen-bond donors (Lipinski definition) is 2. The first-order valence-electron chi connectivity index (χ1n) is 6.07. The first kappa shape index (κ1) is 13.5. The molecule has 1 atom stereocenters. The van der Waals surface area contributed by atoms with Crippen molar-refractivity contribution >= 4 is 10.2 Å². The van der Waals surface area contributed by atoms with E-state index in [-0.39, 0.29) is 6.04 Å². The molecule has 0 saturated carbocycles. The molecule has 0 aromatic heterocycles. The molecule has 1 aromatic rings. The molecule has 0 amide bonds. The second-order valence-electron chi connectivity index (χ2n) is 4.61. The summed E-state index contributed by atoms with van der Waals surface area (Å²) in [6.07, 6.45) is 0.758. The number of nitrogens with two attached hydrogens (primary N) is 1. The fourth-order valence-corrected chi connectivity index (χ4v) is 3.45. The molecule has 1 aliphatic rings. The van der Waals surface area contributed by atoms with Gasteiger partial charge in [0.05, 0.1) is 0 Å². The van der Waals surface area contributed by atoms with Gasteiger partial charge in [-0.25, -0.2) is 0 Å². The van der Waals surface area contributed by atoms with Crippen LogP contribution in [0.25, 0.3) is 0 Å². The summed E-state index contributed by atoms with van der Waals surface area (Å²) in [5.41, 5.74) is 7.75. The molecule has 0 bridgehead atoms. The maximum Gasteiger partial charge on any atom is 0.280 e. The van der Waals surface area contributed by atoms with Crippen molar-refractivity contribution in [1.82, 2.24) is 9.03 Å². The van der Waals surface area contributed by atoms with Gasteiger partial charge >= 0.3 is 0 Å². The maximum absolute atomic E-state index is 12.1. The van der Waals surface area contributed by atoms with Gasteiger partial charge in [-0.2, -0.15) is 17.4 Å². The molecule has 0 fully saturated rings. The lowest BCUT2D eigenvalue weighted by Gasteiger charge is -2.29. The van der Waals surface area contributed by atoms with Gasteiger partial charge in [-0.15, -0.1) is 0 Å². The zero-order valence-electron chi connectivity index (χ0n) is 10.5. The van der Waals surface area contributed by atoms with Crippen molar-refractivity contribution in [2.75, 3.05) is 13.1 Å². The number of rotatable bonds is 4. The Morgan fingerprint density at radius 3 is 2.72 bits per heavy atom. The molecule has 1 aromatic carbocycles. The maximum atomic E-state index is 12.1. The third-order valence-electron chi connectivity index (χ3n) is 3.14. The number of nitrogens with one attached hydrogen (secondary N) is 1. The highest BCUT2D eigenvalue weighted by Gasteiger charge is 2.27. The molecular formula is C12H19N3O2S. The zero-order valence-corrected chi connectivity index (χ0v) is 11.3. The third kappa shape index (κ3) is 2.89. The van der Waals surface area contributed by atoms with E-state index in [0.717, 1.165) is 12.0 Å². The molecule has 1 heterocycles. The fourth-order valence-electron chi connectivity index (χ4n) is 2.05. The summed E-state index contributed by atoms with van der Waals surface area (Å²) in [5.74, 6) is 0. The molecule has 1 aliphatic heterocycles. The summed E-state index contributed by atoms with van der Waals surface area (Å²) >= 11 is 0. The van der Waals surface area contributed by atoms with Crippen LogP contribution in [0.2, 0.25) is 0 Å². The van der Waals surface area contributed by atoms with Gasteiger partial charge in [0, 0.05) is 25.7 Å². The van der Waals surface area contributed by atoms with Crippen molar-refractivity contribution in [3.05, 3.63) is 35.4 Å². The minimum absolute atomic E-state index is 0.243. The molecule has 0 unspecified atom stereocenters. The van der Waals surface area contributed by atoms with Crippen molar-refractivity contribution in [1.29, 1.82) is 0 Å². The van der Waals surface area contributed by atoms with Crippen LogP contribution in [-0.4, -0.2) is 31.9 Å². The highest BCUT2D eigenvalue weighted by Crippen LogP contribution is 2.20. The van der Waals surface area contributed by atoms with Crippen LogP contribution in [0.15, 0.2) is 24.3 Å². The predicted molar refractivity (Wildman–Crippen MR) is 71.1 cm³/mol. The van der Waals surface area contributed by atoms with E-state index >= 15 is 0 Å². The van der Waals surface area contributed by atoms with Crippen LogP contribution in [0.1, 0.15) is 18.1 Å². The van der Waals surface area contributed by atoms with Gasteiger partial charge in [0.1, 0.15) is 0 Å². The lowest BCUT2D eigenvalue weighted by molar-refractivity contribution is 0.380. The lowest BCUT2D eigenvalue weighted by Crippen LogP contribution is -2.48. The van der Waals surface area contributed by atoms with Gasteiger partial charge in [-0.1, -0.05) is 24.3 Å². The van der Waals surface area contributed by atoms with Gasteiger partial charge in [0.2, 0.25) is 0 Å². The molecule has 100 valence electrons. The van der Waals surface area contributed by atoms with Crippen molar-refractivity contribution < 1.29 is 8.42 Å². The number of hydrogen-bond acceptors (Lipinski definition) is 3. The minimum atomic E-state index is -3.43. The van der Waals surface area contributed by atoms with Gasteiger partial charge in [-0.05, 0) is 24.5 Å². The van der Waals surface area contributed by atoms with Crippen molar-refractivity contribution in [3.63, 3.8) is 0 Å². The Hall–Kier alpha value is -0.950. The molecule has 0 aliphatic carbocycles. The van der Waals surface area contributed by atoms with Crippen LogP contribution in [0.4, 0.5) is 0 Å². The van der Waals surface area contributed by atoms with Crippen LogP contribution in [-0.2, 0) is 23.2 Å². The minimum Gasteiger partial charge on any atom is -0.329 e. The highest BCUT2D eigenvalue weighted by atomic mass is 32.2. The van der Waals surface area contributed by atoms with Crippen molar-refractivity contribution in [2.45, 2.75) is 25.9 Å². The standard InChI is InChI=1S/C12H19N3O2S/c1-10(8-13)14-18(16,17)15-7-6-11-4-2-3-5-12(11)9-15/h2-5,10,14H,6-9,13H2,1H3/t10-/m1/s1. The highest BCUT2D eigenvalue weighted by molar-refractivity contribution is 7.87. The summed E-state index contributed by atoms with van der Waals surface area (Å²) in [6, 6.07) is 7.70. The number of fused-ring (bicyclic) bond motifs is 1. The number of nitrogens with zero attached hydrogens (tertiary/aromatic N) is 1. The third-order valence-corrected chi connectivity index (χ3v) is 4.83. The van der Waals surface area contributed by atoms with E-state index in [1.54, 1.807) is 6.92 Å². The molecule has 2 rings (SSSR count). The monoisotopic (exact) mass is 269 g/mol. The Labute approximate surface area is 108 Å². The summed E-state index contributed by atoms with van der Waals surface area (Å²) < 4.78 is 28.3. The van der Waals surface area contributed by atoms with E-state index in [9.17, 15) is 8.42 Å². The Morgan fingerprint density at radius 2 is 2.06 bits per heavy atom. The summed E-state index contributed by atoms with van der Waals surface area (Å²) in [4.78, 5) is 0. The summed E-state index contributed by atoms with van der Waals surface area (Å²) in [6.45, 7) is 3.01. The van der Waals surface area contributed by atoms with E-state index in [0.29, 0.717) is 19.6 Å². The van der Waals surface area contributed by atoms with Gasteiger partial charge in [-0.3, -0.25) is 0 Å². The van der Waals surface area contributed by atoms with Crippen molar-refractivity contribution in [3.8, 4) is 0 Å². The molecule has 18 heavy (non-hydrogen) atoms. The van der Waals surface area contributed by atoms with E-state index in [1.165, 1.54) is 9.87 Å². The molecule has 0 saturated heterocycles. The van der Waals surface area contributed by atoms with Gasteiger partial charge in [0.25, 0.3) is 10.2 Å². The van der Waals surface area contributed by atoms with Gasteiger partial charge in [0.15, 0.2) is 0 Å². The van der Waals surface area contributed by atoms with Gasteiger partial charge < -0.3 is 5.73 Å². The molecular weight excluding hydrogens is 250 g/mol. The molecule has 3 N–H and O–H groups in total. The molecule has 0 radical (unpaired) electrons. The Balaban J connectivity index is 2.13. The van der Waals surface area contributed by atoms with Crippen LogP contribution in [0.3, 0.4) is 0 Å². The Morgan fingerprint density at radius 1 is 1.39 bits per heavy atom. The average molecular weight is 269 g/mol. The van der Waals surface area contributed by atoms with E-state index < -0.39 is 10.2 Å². The van der Waals surface area contributed by atoms with E-state index in [1.807, 2.05) is 18.2 Å². The van der Waals surface area contributed by atoms with Crippen LogP contribution in [0.5, 0.6) is 0 Å². The summed E-state index contributed by atoms with van der Waals surface area (Å²) in [7, 11) is -3.43. The van der Waals surface area contributed by atoms with Crippen LogP contribution in [0, 0.1) is 0 Å². The average Bonchev–Trinajstić information content (AvgIpc) is 2.37. The molecule has 0 spiro atoms. The molecule has 6 heteroatoms.